The van der Waals surface area contributed by atoms with Gasteiger partial charge >= 0.3 is 0 Å². The maximum Gasteiger partial charge on any atom is 0.266 e. The second-order valence-electron chi connectivity index (χ2n) is 4.94. The standard InChI is InChI=1S/C17H13ClFN3OS/c1-2-22-16(23)15(9-11-4-3-5-12(19)8-11)24-17(22)21-14-6-7-20-10-13(14)18/h3-10H,2H2,1H3/b15-9-,21-17?. The number of halogens is 2. The van der Waals surface area contributed by atoms with Crippen molar-refractivity contribution in [3.8, 4) is 0 Å². The maximum atomic E-state index is 13.3. The molecular weight excluding hydrogens is 349 g/mol. The SMILES string of the molecule is CCN1C(=O)/C(=C/c2cccc(F)c2)SC1=Nc1ccncc1Cl. The van der Waals surface area contributed by atoms with Gasteiger partial charge in [-0.2, -0.15) is 0 Å². The number of aliphatic imine (C=N–C) groups is 1. The summed E-state index contributed by atoms with van der Waals surface area (Å²) < 4.78 is 13.3. The molecule has 24 heavy (non-hydrogen) atoms. The van der Waals surface area contributed by atoms with Gasteiger partial charge in [0.2, 0.25) is 0 Å². The van der Waals surface area contributed by atoms with Gasteiger partial charge in [0.15, 0.2) is 5.17 Å². The van der Waals surface area contributed by atoms with Crippen LogP contribution in [0.3, 0.4) is 0 Å². The number of rotatable bonds is 3. The molecule has 0 unspecified atom stereocenters. The van der Waals surface area contributed by atoms with Gasteiger partial charge in [-0.1, -0.05) is 23.7 Å². The highest BCUT2D eigenvalue weighted by Gasteiger charge is 2.32. The molecule has 0 aliphatic carbocycles. The van der Waals surface area contributed by atoms with E-state index in [2.05, 4.69) is 9.98 Å². The van der Waals surface area contributed by atoms with Crippen molar-refractivity contribution < 1.29 is 9.18 Å². The highest BCUT2D eigenvalue weighted by atomic mass is 35.5. The average molecular weight is 362 g/mol. The third-order valence-corrected chi connectivity index (χ3v) is 4.62. The topological polar surface area (TPSA) is 45.6 Å². The Labute approximate surface area is 148 Å². The summed E-state index contributed by atoms with van der Waals surface area (Å²) in [6.07, 6.45) is 4.75. The Morgan fingerprint density at radius 2 is 2.25 bits per heavy atom. The molecule has 122 valence electrons. The number of pyridine rings is 1. The first-order valence-electron chi connectivity index (χ1n) is 7.23. The first-order valence-corrected chi connectivity index (χ1v) is 8.43. The van der Waals surface area contributed by atoms with Crippen molar-refractivity contribution >= 4 is 46.2 Å². The molecule has 0 bridgehead atoms. The summed E-state index contributed by atoms with van der Waals surface area (Å²) in [7, 11) is 0. The number of likely N-dealkylation sites (N-methyl/N-ethyl adjacent to an activating group) is 1. The number of thioether (sulfide) groups is 1. The molecule has 1 aromatic heterocycles. The van der Waals surface area contributed by atoms with Crippen molar-refractivity contribution in [3.63, 3.8) is 0 Å². The van der Waals surface area contributed by atoms with E-state index < -0.39 is 0 Å². The number of hydrogen-bond donors (Lipinski definition) is 0. The molecule has 1 amide bonds. The lowest BCUT2D eigenvalue weighted by Gasteiger charge is -2.12. The Kier molecular flexibility index (Phi) is 4.97. The summed E-state index contributed by atoms with van der Waals surface area (Å²) in [5, 5.41) is 0.954. The van der Waals surface area contributed by atoms with Crippen molar-refractivity contribution in [2.24, 2.45) is 4.99 Å². The molecule has 0 radical (unpaired) electrons. The van der Waals surface area contributed by atoms with Crippen molar-refractivity contribution in [2.45, 2.75) is 6.92 Å². The molecule has 2 heterocycles. The van der Waals surface area contributed by atoms with Crippen LogP contribution in [0.4, 0.5) is 10.1 Å². The average Bonchev–Trinajstić information content (AvgIpc) is 2.85. The van der Waals surface area contributed by atoms with E-state index in [1.807, 2.05) is 6.92 Å². The zero-order chi connectivity index (χ0) is 17.1. The van der Waals surface area contributed by atoms with Gasteiger partial charge in [0, 0.05) is 18.9 Å². The Balaban J connectivity index is 1.96. The second-order valence-corrected chi connectivity index (χ2v) is 6.35. The lowest BCUT2D eigenvalue weighted by atomic mass is 10.2. The molecular formula is C17H13ClFN3OS. The highest BCUT2D eigenvalue weighted by molar-refractivity contribution is 8.18. The van der Waals surface area contributed by atoms with Gasteiger partial charge in [-0.25, -0.2) is 9.38 Å². The zero-order valence-corrected chi connectivity index (χ0v) is 14.3. The summed E-state index contributed by atoms with van der Waals surface area (Å²) in [6.45, 7) is 2.35. The van der Waals surface area contributed by atoms with E-state index >= 15 is 0 Å². The fourth-order valence-corrected chi connectivity index (χ4v) is 3.40. The number of benzene rings is 1. The monoisotopic (exact) mass is 361 g/mol. The van der Waals surface area contributed by atoms with Gasteiger partial charge in [0.05, 0.1) is 15.6 Å². The number of aromatic nitrogens is 1. The largest absolute Gasteiger partial charge is 0.287 e. The van der Waals surface area contributed by atoms with Crippen LogP contribution in [0.5, 0.6) is 0 Å². The van der Waals surface area contributed by atoms with Gasteiger partial charge < -0.3 is 0 Å². The van der Waals surface area contributed by atoms with Gasteiger partial charge in [-0.15, -0.1) is 0 Å². The van der Waals surface area contributed by atoms with Crippen LogP contribution in [0.15, 0.2) is 52.6 Å². The van der Waals surface area contributed by atoms with Crippen LogP contribution in [0.2, 0.25) is 5.02 Å². The highest BCUT2D eigenvalue weighted by Crippen LogP contribution is 2.35. The van der Waals surface area contributed by atoms with Crippen molar-refractivity contribution in [1.82, 2.24) is 9.88 Å². The van der Waals surface area contributed by atoms with Crippen molar-refractivity contribution in [1.29, 1.82) is 0 Å². The van der Waals surface area contributed by atoms with Crippen LogP contribution in [-0.4, -0.2) is 27.5 Å². The van der Waals surface area contributed by atoms with Crippen LogP contribution in [0.1, 0.15) is 12.5 Å². The molecule has 3 rings (SSSR count). The molecule has 2 aromatic rings. The third kappa shape index (κ3) is 3.49. The Morgan fingerprint density at radius 1 is 1.42 bits per heavy atom. The van der Waals surface area contributed by atoms with Crippen LogP contribution in [0, 0.1) is 5.82 Å². The molecule has 0 saturated carbocycles. The quantitative estimate of drug-likeness (QED) is 0.756. The molecule has 7 heteroatoms. The predicted molar refractivity (Wildman–Crippen MR) is 95.7 cm³/mol. The van der Waals surface area contributed by atoms with E-state index in [-0.39, 0.29) is 11.7 Å². The van der Waals surface area contributed by atoms with Gasteiger partial charge in [0.1, 0.15) is 5.82 Å². The fraction of sp³-hybridized carbons (Fsp3) is 0.118. The lowest BCUT2D eigenvalue weighted by molar-refractivity contribution is -0.122. The van der Waals surface area contributed by atoms with E-state index in [1.165, 1.54) is 30.1 Å². The molecule has 1 fully saturated rings. The minimum atomic E-state index is -0.343. The maximum absolute atomic E-state index is 13.3. The Bertz CT molecular complexity index is 853. The van der Waals surface area contributed by atoms with Crippen LogP contribution < -0.4 is 0 Å². The predicted octanol–water partition coefficient (Wildman–Crippen LogP) is 4.50. The van der Waals surface area contributed by atoms with Crippen LogP contribution >= 0.6 is 23.4 Å². The zero-order valence-electron chi connectivity index (χ0n) is 12.7. The normalized spacial score (nSPS) is 18.0. The van der Waals surface area contributed by atoms with E-state index in [1.54, 1.807) is 35.4 Å². The number of amides is 1. The molecule has 4 nitrogen and oxygen atoms in total. The van der Waals surface area contributed by atoms with E-state index in [0.717, 1.165) is 0 Å². The van der Waals surface area contributed by atoms with E-state index in [4.69, 9.17) is 11.6 Å². The summed E-state index contributed by atoms with van der Waals surface area (Å²) in [6, 6.07) is 7.78. The Morgan fingerprint density at radius 3 is 2.96 bits per heavy atom. The minimum Gasteiger partial charge on any atom is -0.287 e. The van der Waals surface area contributed by atoms with Crippen molar-refractivity contribution in [2.75, 3.05) is 6.54 Å². The van der Waals surface area contributed by atoms with Crippen LogP contribution in [0.25, 0.3) is 6.08 Å². The summed E-state index contributed by atoms with van der Waals surface area (Å²) >= 11 is 7.32. The number of nitrogens with zero attached hydrogens (tertiary/aromatic N) is 3. The van der Waals surface area contributed by atoms with Gasteiger partial charge in [-0.05, 0) is 48.5 Å². The summed E-state index contributed by atoms with van der Waals surface area (Å²) in [4.78, 5) is 23.0. The summed E-state index contributed by atoms with van der Waals surface area (Å²) in [5.41, 5.74) is 1.18. The third-order valence-electron chi connectivity index (χ3n) is 3.32. The van der Waals surface area contributed by atoms with Gasteiger partial charge in [0.25, 0.3) is 5.91 Å². The fourth-order valence-electron chi connectivity index (χ4n) is 2.18. The van der Waals surface area contributed by atoms with E-state index in [9.17, 15) is 9.18 Å². The molecule has 0 atom stereocenters. The summed E-state index contributed by atoms with van der Waals surface area (Å²) in [5.74, 6) is -0.500. The first kappa shape index (κ1) is 16.7. The minimum absolute atomic E-state index is 0.157. The van der Waals surface area contributed by atoms with Gasteiger partial charge in [-0.3, -0.25) is 14.7 Å². The molecule has 0 spiro atoms. The van der Waals surface area contributed by atoms with E-state index in [0.29, 0.717) is 32.9 Å². The van der Waals surface area contributed by atoms with Crippen LogP contribution in [-0.2, 0) is 4.79 Å². The smallest absolute Gasteiger partial charge is 0.266 e. The molecule has 1 aliphatic rings. The van der Waals surface area contributed by atoms with Crippen molar-refractivity contribution in [3.05, 3.63) is 64.0 Å². The molecule has 1 saturated heterocycles. The molecule has 0 N–H and O–H groups in total. The lowest BCUT2D eigenvalue weighted by Crippen LogP contribution is -2.28. The second kappa shape index (κ2) is 7.15. The number of hydrogen-bond acceptors (Lipinski definition) is 4. The number of carbonyl (C=O) groups excluding carboxylic acids is 1. The Hall–Kier alpha value is -2.18. The number of carbonyl (C=O) groups is 1. The first-order chi connectivity index (χ1) is 11.6. The molecule has 1 aromatic carbocycles. The number of amidine groups is 1. The molecule has 1 aliphatic heterocycles.